The zero-order chi connectivity index (χ0) is 16.8. The first kappa shape index (κ1) is 16.7. The number of hydrazone groups is 2. The van der Waals surface area contributed by atoms with Gasteiger partial charge in [0.1, 0.15) is 0 Å². The van der Waals surface area contributed by atoms with Crippen molar-refractivity contribution >= 4 is 29.4 Å². The number of benzene rings is 1. The Morgan fingerprint density at radius 3 is 2.65 bits per heavy atom. The molecule has 1 aliphatic rings. The number of nitrogens with one attached hydrogen (secondary N) is 2. The predicted molar refractivity (Wildman–Crippen MR) is 90.5 cm³/mol. The van der Waals surface area contributed by atoms with Crippen LogP contribution in [0.5, 0.6) is 0 Å². The molecule has 2 N–H and O–H groups in total. The number of carbonyl (C=O) groups is 2. The summed E-state index contributed by atoms with van der Waals surface area (Å²) in [5.41, 5.74) is 7.58. The minimum absolute atomic E-state index is 0.153. The second kappa shape index (κ2) is 7.53. The summed E-state index contributed by atoms with van der Waals surface area (Å²) in [5, 5.41) is 7.78. The highest BCUT2D eigenvalue weighted by atomic mass is 16.2. The van der Waals surface area contributed by atoms with Crippen molar-refractivity contribution in [1.29, 1.82) is 0 Å². The van der Waals surface area contributed by atoms with Gasteiger partial charge in [0.05, 0.1) is 12.1 Å². The van der Waals surface area contributed by atoms with Gasteiger partial charge >= 0.3 is 0 Å². The Balaban J connectivity index is 1.77. The summed E-state index contributed by atoms with van der Waals surface area (Å²) < 4.78 is 0. The molecule has 7 heteroatoms. The summed E-state index contributed by atoms with van der Waals surface area (Å²) in [6.45, 7) is 1.77. The minimum atomic E-state index is -0.316. The van der Waals surface area contributed by atoms with Crippen molar-refractivity contribution in [3.63, 3.8) is 0 Å². The summed E-state index contributed by atoms with van der Waals surface area (Å²) >= 11 is 0. The van der Waals surface area contributed by atoms with Crippen LogP contribution in [0.25, 0.3) is 0 Å². The molecule has 0 spiro atoms. The predicted octanol–water partition coefficient (Wildman–Crippen LogP) is 1.10. The molecule has 0 aromatic heterocycles. The normalized spacial score (nSPS) is 17.1. The van der Waals surface area contributed by atoms with Gasteiger partial charge in [-0.15, -0.1) is 0 Å². The Bertz CT molecular complexity index is 634. The zero-order valence-corrected chi connectivity index (χ0v) is 13.5. The number of rotatable bonds is 6. The van der Waals surface area contributed by atoms with Gasteiger partial charge in [-0.1, -0.05) is 12.1 Å². The van der Waals surface area contributed by atoms with Crippen molar-refractivity contribution in [1.82, 2.24) is 10.9 Å². The van der Waals surface area contributed by atoms with E-state index in [1.807, 2.05) is 43.3 Å². The standard InChI is InChI=1S/C16H21N5O2/c1-11-14(16(23)20-18-11)8-9-15(22)19-17-10-12-4-6-13(7-5-12)21(2)3/h4-7,10,14H,8-9H2,1-3H3,(H,19,22)(H,20,23)/b17-10+. The van der Waals surface area contributed by atoms with Gasteiger partial charge in [-0.2, -0.15) is 10.2 Å². The monoisotopic (exact) mass is 315 g/mol. The van der Waals surface area contributed by atoms with Crippen molar-refractivity contribution in [3.8, 4) is 0 Å². The molecule has 0 fully saturated rings. The molecule has 1 aromatic carbocycles. The van der Waals surface area contributed by atoms with E-state index >= 15 is 0 Å². The first-order valence-corrected chi connectivity index (χ1v) is 7.40. The van der Waals surface area contributed by atoms with Crippen LogP contribution >= 0.6 is 0 Å². The maximum absolute atomic E-state index is 11.7. The van der Waals surface area contributed by atoms with Gasteiger partial charge in [0, 0.05) is 31.9 Å². The first-order valence-electron chi connectivity index (χ1n) is 7.40. The Morgan fingerprint density at radius 1 is 1.39 bits per heavy atom. The Hall–Kier alpha value is -2.70. The van der Waals surface area contributed by atoms with E-state index in [0.29, 0.717) is 12.1 Å². The van der Waals surface area contributed by atoms with E-state index in [1.54, 1.807) is 13.1 Å². The second-order valence-corrected chi connectivity index (χ2v) is 5.60. The Morgan fingerprint density at radius 2 is 2.09 bits per heavy atom. The summed E-state index contributed by atoms with van der Waals surface area (Å²) in [6.07, 6.45) is 2.24. The number of anilines is 1. The molecule has 23 heavy (non-hydrogen) atoms. The summed E-state index contributed by atoms with van der Waals surface area (Å²) in [5.74, 6) is -0.693. The third-order valence-electron chi connectivity index (χ3n) is 3.64. The third kappa shape index (κ3) is 4.64. The third-order valence-corrected chi connectivity index (χ3v) is 3.64. The fourth-order valence-electron chi connectivity index (χ4n) is 2.20. The van der Waals surface area contributed by atoms with Crippen molar-refractivity contribution < 1.29 is 9.59 Å². The summed E-state index contributed by atoms with van der Waals surface area (Å²) in [4.78, 5) is 25.2. The molecule has 0 saturated carbocycles. The van der Waals surface area contributed by atoms with Gasteiger partial charge in [-0.05, 0) is 31.0 Å². The highest BCUT2D eigenvalue weighted by Crippen LogP contribution is 2.13. The van der Waals surface area contributed by atoms with Gasteiger partial charge in [0.2, 0.25) is 11.8 Å². The van der Waals surface area contributed by atoms with E-state index in [4.69, 9.17) is 0 Å². The molecule has 0 bridgehead atoms. The lowest BCUT2D eigenvalue weighted by molar-refractivity contribution is -0.123. The van der Waals surface area contributed by atoms with Gasteiger partial charge in [-0.25, -0.2) is 10.9 Å². The number of carbonyl (C=O) groups excluding carboxylic acids is 2. The van der Waals surface area contributed by atoms with Crippen molar-refractivity contribution in [2.24, 2.45) is 16.1 Å². The molecular formula is C16H21N5O2. The quantitative estimate of drug-likeness (QED) is 0.609. The van der Waals surface area contributed by atoms with Crippen LogP contribution in [-0.4, -0.2) is 37.8 Å². The largest absolute Gasteiger partial charge is 0.378 e. The molecule has 0 saturated heterocycles. The SMILES string of the molecule is CC1=NNC(=O)C1CCC(=O)N/N=C/c1ccc(N(C)C)cc1. The van der Waals surface area contributed by atoms with Crippen LogP contribution < -0.4 is 15.8 Å². The molecule has 1 atom stereocenters. The lowest BCUT2D eigenvalue weighted by Gasteiger charge is -2.11. The van der Waals surface area contributed by atoms with Gasteiger partial charge in [0.25, 0.3) is 0 Å². The maximum atomic E-state index is 11.7. The van der Waals surface area contributed by atoms with E-state index < -0.39 is 0 Å². The number of hydrogen-bond donors (Lipinski definition) is 2. The molecular weight excluding hydrogens is 294 g/mol. The van der Waals surface area contributed by atoms with E-state index in [0.717, 1.165) is 11.3 Å². The van der Waals surface area contributed by atoms with Crippen LogP contribution in [0.4, 0.5) is 5.69 Å². The summed E-state index contributed by atoms with van der Waals surface area (Å²) in [7, 11) is 3.95. The number of hydrogen-bond acceptors (Lipinski definition) is 5. The van der Waals surface area contributed by atoms with E-state index in [1.165, 1.54) is 0 Å². The molecule has 2 amide bonds. The fraction of sp³-hybridized carbons (Fsp3) is 0.375. The molecule has 2 rings (SSSR count). The minimum Gasteiger partial charge on any atom is -0.378 e. The average Bonchev–Trinajstić information content (AvgIpc) is 2.84. The van der Waals surface area contributed by atoms with E-state index in [9.17, 15) is 9.59 Å². The van der Waals surface area contributed by atoms with Crippen molar-refractivity contribution in [2.75, 3.05) is 19.0 Å². The Labute approximate surface area is 135 Å². The zero-order valence-electron chi connectivity index (χ0n) is 13.5. The maximum Gasteiger partial charge on any atom is 0.248 e. The first-order chi connectivity index (χ1) is 11.0. The molecule has 0 radical (unpaired) electrons. The summed E-state index contributed by atoms with van der Waals surface area (Å²) in [6, 6.07) is 7.80. The van der Waals surface area contributed by atoms with Gasteiger partial charge in [-0.3, -0.25) is 9.59 Å². The van der Waals surface area contributed by atoms with Crippen LogP contribution in [0.2, 0.25) is 0 Å². The van der Waals surface area contributed by atoms with Crippen LogP contribution in [-0.2, 0) is 9.59 Å². The molecule has 1 aliphatic heterocycles. The fourth-order valence-corrected chi connectivity index (χ4v) is 2.20. The molecule has 0 aliphatic carbocycles. The number of amides is 2. The van der Waals surface area contributed by atoms with E-state index in [2.05, 4.69) is 21.1 Å². The second-order valence-electron chi connectivity index (χ2n) is 5.60. The van der Waals surface area contributed by atoms with Crippen LogP contribution in [0.3, 0.4) is 0 Å². The lowest BCUT2D eigenvalue weighted by atomic mass is 9.99. The van der Waals surface area contributed by atoms with Crippen LogP contribution in [0.15, 0.2) is 34.5 Å². The molecule has 1 aromatic rings. The van der Waals surface area contributed by atoms with Crippen molar-refractivity contribution in [2.45, 2.75) is 19.8 Å². The Kier molecular flexibility index (Phi) is 5.46. The molecule has 7 nitrogen and oxygen atoms in total. The van der Waals surface area contributed by atoms with Crippen LogP contribution in [0, 0.1) is 5.92 Å². The highest BCUT2D eigenvalue weighted by molar-refractivity contribution is 6.07. The van der Waals surface area contributed by atoms with Gasteiger partial charge < -0.3 is 4.90 Å². The van der Waals surface area contributed by atoms with Crippen LogP contribution in [0.1, 0.15) is 25.3 Å². The van der Waals surface area contributed by atoms with E-state index in [-0.39, 0.29) is 24.2 Å². The van der Waals surface area contributed by atoms with Crippen molar-refractivity contribution in [3.05, 3.63) is 29.8 Å². The smallest absolute Gasteiger partial charge is 0.248 e. The number of nitrogens with zero attached hydrogens (tertiary/aromatic N) is 3. The highest BCUT2D eigenvalue weighted by Gasteiger charge is 2.26. The molecule has 1 heterocycles. The molecule has 1 unspecified atom stereocenters. The molecule has 122 valence electrons. The average molecular weight is 315 g/mol. The van der Waals surface area contributed by atoms with Gasteiger partial charge in [0.15, 0.2) is 0 Å². The topological polar surface area (TPSA) is 86.2 Å². The lowest BCUT2D eigenvalue weighted by Crippen LogP contribution is -2.25.